The largest absolute Gasteiger partial charge is 0.411 e. The average molecular weight is 295 g/mol. The quantitative estimate of drug-likeness (QED) is 0.817. The molecule has 6 heteroatoms. The van der Waals surface area contributed by atoms with Crippen LogP contribution in [0.2, 0.25) is 0 Å². The van der Waals surface area contributed by atoms with Gasteiger partial charge in [0.1, 0.15) is 6.61 Å². The van der Waals surface area contributed by atoms with Gasteiger partial charge in [-0.2, -0.15) is 13.2 Å². The van der Waals surface area contributed by atoms with E-state index in [9.17, 15) is 13.2 Å². The third-order valence-electron chi connectivity index (χ3n) is 4.39. The maximum atomic E-state index is 12.2. The van der Waals surface area contributed by atoms with Crippen molar-refractivity contribution in [1.82, 2.24) is 5.32 Å². The molecule has 1 saturated heterocycles. The Balaban J connectivity index is 1.83. The van der Waals surface area contributed by atoms with Gasteiger partial charge in [-0.1, -0.05) is 6.92 Å². The maximum Gasteiger partial charge on any atom is 0.411 e. The average Bonchev–Trinajstić information content (AvgIpc) is 2.35. The van der Waals surface area contributed by atoms with Crippen molar-refractivity contribution in [1.29, 1.82) is 0 Å². The van der Waals surface area contributed by atoms with Gasteiger partial charge >= 0.3 is 6.18 Å². The normalized spacial score (nSPS) is 27.3. The van der Waals surface area contributed by atoms with Gasteiger partial charge < -0.3 is 14.8 Å². The van der Waals surface area contributed by atoms with Crippen molar-refractivity contribution in [3.63, 3.8) is 0 Å². The number of likely N-dealkylation sites (N-methyl/N-ethyl adjacent to an activating group) is 1. The molecule has 0 aromatic carbocycles. The monoisotopic (exact) mass is 295 g/mol. The second-order valence-electron chi connectivity index (χ2n) is 5.93. The van der Waals surface area contributed by atoms with Gasteiger partial charge in [-0.15, -0.1) is 0 Å². The van der Waals surface area contributed by atoms with E-state index in [0.29, 0.717) is 12.5 Å². The molecule has 1 heterocycles. The molecule has 3 nitrogen and oxygen atoms in total. The molecule has 2 fully saturated rings. The molecule has 1 saturated carbocycles. The van der Waals surface area contributed by atoms with Crippen molar-refractivity contribution in [3.05, 3.63) is 0 Å². The number of rotatable bonds is 6. The Bertz CT molecular complexity index is 305. The zero-order valence-electron chi connectivity index (χ0n) is 12.0. The molecule has 118 valence electrons. The highest BCUT2D eigenvalue weighted by molar-refractivity contribution is 4.96. The van der Waals surface area contributed by atoms with E-state index in [1.54, 1.807) is 0 Å². The molecule has 1 N–H and O–H groups in total. The van der Waals surface area contributed by atoms with Crippen molar-refractivity contribution in [2.24, 2.45) is 5.92 Å². The van der Waals surface area contributed by atoms with Crippen LogP contribution in [0.3, 0.4) is 0 Å². The molecule has 2 atom stereocenters. The van der Waals surface area contributed by atoms with E-state index in [4.69, 9.17) is 9.47 Å². The molecule has 20 heavy (non-hydrogen) atoms. The predicted molar refractivity (Wildman–Crippen MR) is 69.6 cm³/mol. The minimum Gasteiger partial charge on any atom is -0.375 e. The van der Waals surface area contributed by atoms with Gasteiger partial charge in [0.15, 0.2) is 0 Å². The van der Waals surface area contributed by atoms with Crippen LogP contribution < -0.4 is 5.32 Å². The van der Waals surface area contributed by atoms with Crippen LogP contribution in [0.15, 0.2) is 0 Å². The Labute approximate surface area is 118 Å². The molecule has 2 unspecified atom stereocenters. The van der Waals surface area contributed by atoms with Crippen LogP contribution in [0, 0.1) is 5.92 Å². The van der Waals surface area contributed by atoms with Gasteiger partial charge in [0, 0.05) is 12.6 Å². The molecule has 2 rings (SSSR count). The lowest BCUT2D eigenvalue weighted by atomic mass is 9.70. The molecule has 2 aliphatic rings. The van der Waals surface area contributed by atoms with E-state index < -0.39 is 12.8 Å². The van der Waals surface area contributed by atoms with E-state index in [1.807, 2.05) is 6.92 Å². The number of hydrogen-bond acceptors (Lipinski definition) is 3. The molecule has 0 aromatic rings. The summed E-state index contributed by atoms with van der Waals surface area (Å²) in [4.78, 5) is 0. The minimum absolute atomic E-state index is 0.0104. The van der Waals surface area contributed by atoms with E-state index in [0.717, 1.165) is 32.2 Å². The number of halogens is 3. The molecule has 0 bridgehead atoms. The summed E-state index contributed by atoms with van der Waals surface area (Å²) < 4.78 is 47.2. The van der Waals surface area contributed by atoms with E-state index in [1.165, 1.54) is 6.42 Å². The lowest BCUT2D eigenvalue weighted by Crippen LogP contribution is -2.51. The fraction of sp³-hybridized carbons (Fsp3) is 1.00. The van der Waals surface area contributed by atoms with Crippen molar-refractivity contribution >= 4 is 0 Å². The van der Waals surface area contributed by atoms with Gasteiger partial charge in [0.2, 0.25) is 0 Å². The molecule has 0 radical (unpaired) electrons. The SMILES string of the molecule is CCNC(COCC(F)(F)F)C1CCOC2(CCC2)C1. The Morgan fingerprint density at radius 1 is 1.40 bits per heavy atom. The lowest BCUT2D eigenvalue weighted by Gasteiger charge is -2.48. The van der Waals surface area contributed by atoms with E-state index in [-0.39, 0.29) is 18.2 Å². The van der Waals surface area contributed by atoms with Crippen molar-refractivity contribution in [3.8, 4) is 0 Å². The highest BCUT2D eigenvalue weighted by Crippen LogP contribution is 2.45. The number of nitrogens with one attached hydrogen (secondary N) is 1. The van der Waals surface area contributed by atoms with Crippen LogP contribution in [0.4, 0.5) is 13.2 Å². The lowest BCUT2D eigenvalue weighted by molar-refractivity contribution is -0.180. The number of alkyl halides is 3. The Hall–Kier alpha value is -0.330. The summed E-state index contributed by atoms with van der Waals surface area (Å²) in [6.45, 7) is 2.38. The summed E-state index contributed by atoms with van der Waals surface area (Å²) in [7, 11) is 0. The van der Waals surface area contributed by atoms with Crippen molar-refractivity contribution in [2.45, 2.75) is 56.8 Å². The van der Waals surface area contributed by atoms with Crippen LogP contribution in [-0.2, 0) is 9.47 Å². The summed E-state index contributed by atoms with van der Waals surface area (Å²) in [5, 5.41) is 3.28. The maximum absolute atomic E-state index is 12.2. The zero-order valence-corrected chi connectivity index (χ0v) is 12.0. The molecule has 0 amide bonds. The minimum atomic E-state index is -4.25. The van der Waals surface area contributed by atoms with Gasteiger partial charge in [-0.3, -0.25) is 0 Å². The smallest absolute Gasteiger partial charge is 0.375 e. The van der Waals surface area contributed by atoms with E-state index in [2.05, 4.69) is 5.32 Å². The standard InChI is InChI=1S/C14H24F3NO2/c1-2-18-12(9-19-10-14(15,16)17)11-4-7-20-13(8-11)5-3-6-13/h11-12,18H,2-10H2,1H3. The van der Waals surface area contributed by atoms with Gasteiger partial charge in [-0.05, 0) is 44.6 Å². The van der Waals surface area contributed by atoms with Crippen molar-refractivity contribution in [2.75, 3.05) is 26.4 Å². The highest BCUT2D eigenvalue weighted by Gasteiger charge is 2.44. The summed E-state index contributed by atoms with van der Waals surface area (Å²) in [5.41, 5.74) is 0.0145. The third kappa shape index (κ3) is 4.33. The van der Waals surface area contributed by atoms with Crippen LogP contribution in [-0.4, -0.2) is 44.2 Å². The second kappa shape index (κ2) is 6.62. The first-order valence-electron chi connectivity index (χ1n) is 7.46. The zero-order chi connectivity index (χ0) is 14.6. The van der Waals surface area contributed by atoms with Crippen LogP contribution in [0.25, 0.3) is 0 Å². The molecular formula is C14H24F3NO2. The summed E-state index contributed by atoms with van der Waals surface area (Å²) in [6.07, 6.45) is 0.969. The van der Waals surface area contributed by atoms with Crippen molar-refractivity contribution < 1.29 is 22.6 Å². The fourth-order valence-electron chi connectivity index (χ4n) is 3.25. The van der Waals surface area contributed by atoms with Gasteiger partial charge in [0.25, 0.3) is 0 Å². The Kier molecular flexibility index (Phi) is 5.31. The Morgan fingerprint density at radius 2 is 2.15 bits per heavy atom. The molecule has 1 aliphatic heterocycles. The number of hydrogen-bond donors (Lipinski definition) is 1. The van der Waals surface area contributed by atoms with Gasteiger partial charge in [-0.25, -0.2) is 0 Å². The fourth-order valence-corrected chi connectivity index (χ4v) is 3.25. The first-order chi connectivity index (χ1) is 9.44. The second-order valence-corrected chi connectivity index (χ2v) is 5.93. The summed E-state index contributed by atoms with van der Waals surface area (Å²) >= 11 is 0. The van der Waals surface area contributed by atoms with Crippen LogP contribution in [0.1, 0.15) is 39.0 Å². The van der Waals surface area contributed by atoms with E-state index >= 15 is 0 Å². The summed E-state index contributed by atoms with van der Waals surface area (Å²) in [6, 6.07) is -0.0104. The summed E-state index contributed by atoms with van der Waals surface area (Å²) in [5.74, 6) is 0.345. The number of ether oxygens (including phenoxy) is 2. The molecule has 1 aliphatic carbocycles. The van der Waals surface area contributed by atoms with Gasteiger partial charge in [0.05, 0.1) is 12.2 Å². The Morgan fingerprint density at radius 3 is 2.70 bits per heavy atom. The molecule has 1 spiro atoms. The van der Waals surface area contributed by atoms with Crippen LogP contribution >= 0.6 is 0 Å². The first kappa shape index (κ1) is 16.0. The topological polar surface area (TPSA) is 30.5 Å². The molecule has 0 aromatic heterocycles. The molecular weight excluding hydrogens is 271 g/mol. The first-order valence-corrected chi connectivity index (χ1v) is 7.46. The predicted octanol–water partition coefficient (Wildman–Crippen LogP) is 2.89. The third-order valence-corrected chi connectivity index (χ3v) is 4.39. The van der Waals surface area contributed by atoms with Crippen LogP contribution in [0.5, 0.6) is 0 Å². The highest BCUT2D eigenvalue weighted by atomic mass is 19.4.